The molecule has 32 heavy (non-hydrogen) atoms. The Hall–Kier alpha value is -3.21. The Kier molecular flexibility index (Phi) is 6.54. The Morgan fingerprint density at radius 2 is 1.75 bits per heavy atom. The molecule has 5 heteroatoms. The lowest BCUT2D eigenvalue weighted by molar-refractivity contribution is 0.1000. The van der Waals surface area contributed by atoms with Crippen LogP contribution in [0.15, 0.2) is 48.5 Å². The van der Waals surface area contributed by atoms with Crippen LogP contribution in [0.3, 0.4) is 0 Å². The van der Waals surface area contributed by atoms with Crippen LogP contribution in [0.2, 0.25) is 0 Å². The molecule has 2 aromatic carbocycles. The molecule has 0 bridgehead atoms. The molecule has 0 radical (unpaired) electrons. The van der Waals surface area contributed by atoms with Gasteiger partial charge in [-0.25, -0.2) is 0 Å². The second kappa shape index (κ2) is 9.51. The van der Waals surface area contributed by atoms with E-state index in [-0.39, 0.29) is 5.91 Å². The van der Waals surface area contributed by atoms with Gasteiger partial charge in [0.15, 0.2) is 0 Å². The molecule has 1 saturated heterocycles. The third-order valence-corrected chi connectivity index (χ3v) is 6.51. The van der Waals surface area contributed by atoms with E-state index in [1.165, 1.54) is 18.5 Å². The van der Waals surface area contributed by atoms with E-state index in [2.05, 4.69) is 46.7 Å². The zero-order valence-corrected chi connectivity index (χ0v) is 19.4. The molecule has 1 fully saturated rings. The summed E-state index contributed by atoms with van der Waals surface area (Å²) in [6.45, 7) is 7.02. The molecule has 0 atom stereocenters. The standard InChI is InChI=1S/C27H33N3O2/c1-4-9-23-26(20-12-14-22(15-13-20)29-16-7-8-17-29)25(27(28)31)19(2)30(23)18-21-10-5-6-11-24(21)32-3/h5-6,10-15H,4,7-9,16-18H2,1-3H3,(H2,28,31). The highest BCUT2D eigenvalue weighted by atomic mass is 16.5. The first-order valence-corrected chi connectivity index (χ1v) is 11.5. The highest BCUT2D eigenvalue weighted by molar-refractivity contribution is 6.02. The lowest BCUT2D eigenvalue weighted by Crippen LogP contribution is -2.17. The van der Waals surface area contributed by atoms with Crippen LogP contribution >= 0.6 is 0 Å². The average molecular weight is 432 g/mol. The van der Waals surface area contributed by atoms with Crippen molar-refractivity contribution in [2.24, 2.45) is 5.73 Å². The van der Waals surface area contributed by atoms with Crippen LogP contribution in [0.1, 0.15) is 53.5 Å². The molecule has 1 aliphatic rings. The average Bonchev–Trinajstić information content (AvgIpc) is 3.43. The summed E-state index contributed by atoms with van der Waals surface area (Å²) in [5, 5.41) is 0. The van der Waals surface area contributed by atoms with Gasteiger partial charge in [0, 0.05) is 41.3 Å². The van der Waals surface area contributed by atoms with Crippen molar-refractivity contribution in [2.45, 2.75) is 46.1 Å². The summed E-state index contributed by atoms with van der Waals surface area (Å²) in [5.41, 5.74) is 13.0. The van der Waals surface area contributed by atoms with Crippen molar-refractivity contribution >= 4 is 11.6 Å². The van der Waals surface area contributed by atoms with Crippen LogP contribution in [0.25, 0.3) is 11.1 Å². The van der Waals surface area contributed by atoms with E-state index < -0.39 is 0 Å². The van der Waals surface area contributed by atoms with Gasteiger partial charge < -0.3 is 19.9 Å². The number of benzene rings is 2. The van der Waals surface area contributed by atoms with Crippen LogP contribution in [-0.2, 0) is 13.0 Å². The Morgan fingerprint density at radius 1 is 1.06 bits per heavy atom. The highest BCUT2D eigenvalue weighted by Gasteiger charge is 2.25. The van der Waals surface area contributed by atoms with Gasteiger partial charge in [0.2, 0.25) is 0 Å². The maximum Gasteiger partial charge on any atom is 0.251 e. The minimum absolute atomic E-state index is 0.378. The quantitative estimate of drug-likeness (QED) is 0.535. The van der Waals surface area contributed by atoms with Gasteiger partial charge in [-0.05, 0) is 49.9 Å². The summed E-state index contributed by atoms with van der Waals surface area (Å²) in [7, 11) is 1.69. The number of amides is 1. The number of anilines is 1. The van der Waals surface area contributed by atoms with E-state index in [9.17, 15) is 4.79 Å². The number of methoxy groups -OCH3 is 1. The van der Waals surface area contributed by atoms with E-state index in [0.717, 1.165) is 59.8 Å². The maximum atomic E-state index is 12.6. The molecule has 1 aliphatic heterocycles. The Bertz CT molecular complexity index is 1090. The highest BCUT2D eigenvalue weighted by Crippen LogP contribution is 2.36. The van der Waals surface area contributed by atoms with E-state index in [0.29, 0.717) is 12.1 Å². The van der Waals surface area contributed by atoms with Gasteiger partial charge in [-0.2, -0.15) is 0 Å². The summed E-state index contributed by atoms with van der Waals surface area (Å²) in [6.07, 6.45) is 4.34. The van der Waals surface area contributed by atoms with Crippen molar-refractivity contribution in [1.82, 2.24) is 4.57 Å². The molecule has 1 amide bonds. The van der Waals surface area contributed by atoms with E-state index in [4.69, 9.17) is 10.5 Å². The molecular weight excluding hydrogens is 398 g/mol. The van der Waals surface area contributed by atoms with Gasteiger partial charge in [-0.1, -0.05) is 43.7 Å². The largest absolute Gasteiger partial charge is 0.496 e. The summed E-state index contributed by atoms with van der Waals surface area (Å²) < 4.78 is 7.82. The van der Waals surface area contributed by atoms with Gasteiger partial charge in [0.25, 0.3) is 5.91 Å². The Labute approximate surface area is 190 Å². The number of hydrogen-bond acceptors (Lipinski definition) is 3. The number of nitrogens with zero attached hydrogens (tertiary/aromatic N) is 2. The minimum atomic E-state index is -0.378. The lowest BCUT2D eigenvalue weighted by atomic mass is 9.97. The number of rotatable bonds is 8. The Morgan fingerprint density at radius 3 is 2.38 bits per heavy atom. The molecule has 2 heterocycles. The molecule has 2 N–H and O–H groups in total. The van der Waals surface area contributed by atoms with Crippen LogP contribution in [0.4, 0.5) is 5.69 Å². The predicted molar refractivity (Wildman–Crippen MR) is 131 cm³/mol. The third kappa shape index (κ3) is 4.12. The molecule has 0 unspecified atom stereocenters. The number of hydrogen-bond donors (Lipinski definition) is 1. The number of aromatic nitrogens is 1. The smallest absolute Gasteiger partial charge is 0.251 e. The van der Waals surface area contributed by atoms with Crippen molar-refractivity contribution in [3.05, 3.63) is 71.0 Å². The monoisotopic (exact) mass is 431 g/mol. The van der Waals surface area contributed by atoms with Crippen LogP contribution in [0, 0.1) is 6.92 Å². The fourth-order valence-corrected chi connectivity index (χ4v) is 4.94. The van der Waals surface area contributed by atoms with E-state index in [1.54, 1.807) is 7.11 Å². The molecule has 0 aliphatic carbocycles. The second-order valence-electron chi connectivity index (χ2n) is 8.54. The summed E-state index contributed by atoms with van der Waals surface area (Å²) >= 11 is 0. The molecule has 168 valence electrons. The first-order valence-electron chi connectivity index (χ1n) is 11.5. The summed E-state index contributed by atoms with van der Waals surface area (Å²) in [5.74, 6) is 0.470. The maximum absolute atomic E-state index is 12.6. The zero-order chi connectivity index (χ0) is 22.7. The van der Waals surface area contributed by atoms with E-state index in [1.807, 2.05) is 25.1 Å². The number of para-hydroxylation sites is 1. The van der Waals surface area contributed by atoms with Crippen molar-refractivity contribution in [1.29, 1.82) is 0 Å². The van der Waals surface area contributed by atoms with Gasteiger partial charge in [-0.15, -0.1) is 0 Å². The number of carbonyl (C=O) groups is 1. The van der Waals surface area contributed by atoms with E-state index >= 15 is 0 Å². The lowest BCUT2D eigenvalue weighted by Gasteiger charge is -2.18. The zero-order valence-electron chi connectivity index (χ0n) is 19.4. The van der Waals surface area contributed by atoms with Crippen LogP contribution in [0.5, 0.6) is 5.75 Å². The topological polar surface area (TPSA) is 60.5 Å². The van der Waals surface area contributed by atoms with Crippen LogP contribution < -0.4 is 15.4 Å². The predicted octanol–water partition coefficient (Wildman–Crippen LogP) is 5.17. The number of nitrogens with two attached hydrogens (primary N) is 1. The molecule has 0 saturated carbocycles. The fourth-order valence-electron chi connectivity index (χ4n) is 4.94. The minimum Gasteiger partial charge on any atom is -0.496 e. The molecule has 0 spiro atoms. The second-order valence-corrected chi connectivity index (χ2v) is 8.54. The van der Waals surface area contributed by atoms with Gasteiger partial charge >= 0.3 is 0 Å². The first kappa shape index (κ1) is 22.0. The number of carbonyl (C=O) groups excluding carboxylic acids is 1. The summed E-state index contributed by atoms with van der Waals surface area (Å²) in [4.78, 5) is 15.0. The van der Waals surface area contributed by atoms with Gasteiger partial charge in [-0.3, -0.25) is 4.79 Å². The summed E-state index contributed by atoms with van der Waals surface area (Å²) in [6, 6.07) is 16.7. The normalized spacial score (nSPS) is 13.5. The molecule has 3 aromatic rings. The molecule has 4 rings (SSSR count). The Balaban J connectivity index is 1.82. The molecule has 1 aromatic heterocycles. The fraction of sp³-hybridized carbons (Fsp3) is 0.370. The van der Waals surface area contributed by atoms with Crippen LogP contribution in [-0.4, -0.2) is 30.7 Å². The van der Waals surface area contributed by atoms with Crippen molar-refractivity contribution < 1.29 is 9.53 Å². The first-order chi connectivity index (χ1) is 15.5. The van der Waals surface area contributed by atoms with Crippen molar-refractivity contribution in [2.75, 3.05) is 25.1 Å². The molecule has 5 nitrogen and oxygen atoms in total. The van der Waals surface area contributed by atoms with Gasteiger partial charge in [0.05, 0.1) is 19.2 Å². The van der Waals surface area contributed by atoms with Crippen molar-refractivity contribution in [3.63, 3.8) is 0 Å². The third-order valence-electron chi connectivity index (χ3n) is 6.51. The SMILES string of the molecule is CCCc1c(-c2ccc(N3CCCC3)cc2)c(C(N)=O)c(C)n1Cc1ccccc1OC. The van der Waals surface area contributed by atoms with Crippen molar-refractivity contribution in [3.8, 4) is 16.9 Å². The number of ether oxygens (including phenoxy) is 1. The molecular formula is C27H33N3O2. The number of primary amides is 1. The van der Waals surface area contributed by atoms with Gasteiger partial charge in [0.1, 0.15) is 5.75 Å².